The molecular formula is C19H20N6O3. The van der Waals surface area contributed by atoms with Crippen molar-refractivity contribution < 1.29 is 14.3 Å². The van der Waals surface area contributed by atoms with Crippen LogP contribution >= 0.6 is 0 Å². The molecule has 1 N–H and O–H groups in total. The zero-order valence-corrected chi connectivity index (χ0v) is 16.0. The van der Waals surface area contributed by atoms with Crippen molar-refractivity contribution in [3.05, 3.63) is 53.6 Å². The lowest BCUT2D eigenvalue weighted by Gasteiger charge is -2.15. The Balaban J connectivity index is 1.79. The minimum Gasteiger partial charge on any atom is -0.496 e. The van der Waals surface area contributed by atoms with Gasteiger partial charge in [0.15, 0.2) is 0 Å². The van der Waals surface area contributed by atoms with Crippen LogP contribution in [0.15, 0.2) is 42.5 Å². The van der Waals surface area contributed by atoms with Crippen molar-refractivity contribution in [3.8, 4) is 17.1 Å². The second kappa shape index (κ2) is 7.87. The van der Waals surface area contributed by atoms with Crippen LogP contribution in [0.4, 0.5) is 5.69 Å². The molecule has 0 saturated heterocycles. The summed E-state index contributed by atoms with van der Waals surface area (Å²) >= 11 is 0. The molecule has 144 valence electrons. The maximum Gasteiger partial charge on any atom is 0.257 e. The average Bonchev–Trinajstić information content (AvgIpc) is 3.13. The van der Waals surface area contributed by atoms with Gasteiger partial charge in [-0.3, -0.25) is 9.59 Å². The summed E-state index contributed by atoms with van der Waals surface area (Å²) in [7, 11) is 6.48. The fraction of sp³-hybridized carbons (Fsp3) is 0.211. The van der Waals surface area contributed by atoms with Crippen molar-refractivity contribution in [2.75, 3.05) is 26.5 Å². The summed E-state index contributed by atoms with van der Waals surface area (Å²) in [6, 6.07) is 11.8. The Morgan fingerprint density at radius 1 is 1.11 bits per heavy atom. The number of ether oxygens (including phenoxy) is 1. The molecule has 28 heavy (non-hydrogen) atoms. The number of amides is 2. The van der Waals surface area contributed by atoms with Gasteiger partial charge in [0.1, 0.15) is 5.75 Å². The number of rotatable bonds is 5. The van der Waals surface area contributed by atoms with Crippen molar-refractivity contribution >= 4 is 17.5 Å². The van der Waals surface area contributed by atoms with Gasteiger partial charge in [-0.25, -0.2) is 0 Å². The smallest absolute Gasteiger partial charge is 0.257 e. The van der Waals surface area contributed by atoms with E-state index in [4.69, 9.17) is 4.74 Å². The van der Waals surface area contributed by atoms with Crippen LogP contribution in [0, 0.1) is 0 Å². The number of hydrogen-bond acceptors (Lipinski definition) is 6. The van der Waals surface area contributed by atoms with Crippen LogP contribution in [0.1, 0.15) is 20.7 Å². The molecule has 1 aromatic heterocycles. The summed E-state index contributed by atoms with van der Waals surface area (Å²) in [6.45, 7) is 0. The number of hydrogen-bond donors (Lipinski definition) is 1. The van der Waals surface area contributed by atoms with Gasteiger partial charge in [0, 0.05) is 30.9 Å². The molecule has 0 aliphatic carbocycles. The Hall–Kier alpha value is -3.75. The molecule has 2 aromatic carbocycles. The second-order valence-electron chi connectivity index (χ2n) is 6.25. The maximum absolute atomic E-state index is 12.6. The van der Waals surface area contributed by atoms with E-state index in [9.17, 15) is 9.59 Å². The van der Waals surface area contributed by atoms with Gasteiger partial charge in [-0.2, -0.15) is 4.80 Å². The Morgan fingerprint density at radius 2 is 1.82 bits per heavy atom. The minimum absolute atomic E-state index is 0.214. The van der Waals surface area contributed by atoms with Crippen molar-refractivity contribution in [3.63, 3.8) is 0 Å². The molecule has 9 heteroatoms. The first-order chi connectivity index (χ1) is 13.4. The van der Waals surface area contributed by atoms with Gasteiger partial charge in [0.25, 0.3) is 11.8 Å². The number of tetrazole rings is 1. The highest BCUT2D eigenvalue weighted by Crippen LogP contribution is 2.24. The summed E-state index contributed by atoms with van der Waals surface area (Å²) in [4.78, 5) is 27.7. The molecule has 0 atom stereocenters. The quantitative estimate of drug-likeness (QED) is 0.725. The molecule has 9 nitrogen and oxygen atoms in total. The van der Waals surface area contributed by atoms with Crippen LogP contribution in [-0.4, -0.2) is 58.1 Å². The van der Waals surface area contributed by atoms with Gasteiger partial charge in [-0.15, -0.1) is 10.2 Å². The van der Waals surface area contributed by atoms with Crippen molar-refractivity contribution in [1.82, 2.24) is 25.1 Å². The molecule has 0 unspecified atom stereocenters. The lowest BCUT2D eigenvalue weighted by molar-refractivity contribution is 0.0824. The number of methoxy groups -OCH3 is 1. The third-order valence-corrected chi connectivity index (χ3v) is 4.01. The largest absolute Gasteiger partial charge is 0.496 e. The lowest BCUT2D eigenvalue weighted by Crippen LogP contribution is -2.22. The number of carbonyl (C=O) groups is 2. The SMILES string of the molecule is COc1ccc(NC(=O)c2ccc(-c3nnn(C)n3)cc2)cc1C(=O)N(C)C. The average molecular weight is 380 g/mol. The normalized spacial score (nSPS) is 10.4. The zero-order chi connectivity index (χ0) is 20.3. The van der Waals surface area contributed by atoms with Gasteiger partial charge < -0.3 is 15.0 Å². The van der Waals surface area contributed by atoms with Crippen LogP contribution in [0.3, 0.4) is 0 Å². The number of nitrogens with zero attached hydrogens (tertiary/aromatic N) is 5. The number of aromatic nitrogens is 4. The molecule has 0 fully saturated rings. The van der Waals surface area contributed by atoms with Crippen LogP contribution in [0.5, 0.6) is 5.75 Å². The molecule has 0 radical (unpaired) electrons. The minimum atomic E-state index is -0.299. The fourth-order valence-corrected chi connectivity index (χ4v) is 2.57. The number of anilines is 1. The Morgan fingerprint density at radius 3 is 2.39 bits per heavy atom. The third-order valence-electron chi connectivity index (χ3n) is 4.01. The predicted molar refractivity (Wildman–Crippen MR) is 103 cm³/mol. The summed E-state index contributed by atoms with van der Waals surface area (Å²) in [5.41, 5.74) is 2.09. The summed E-state index contributed by atoms with van der Waals surface area (Å²) < 4.78 is 5.24. The van der Waals surface area contributed by atoms with Crippen LogP contribution in [0.25, 0.3) is 11.4 Å². The first kappa shape index (κ1) is 19.0. The Kier molecular flexibility index (Phi) is 5.35. The zero-order valence-electron chi connectivity index (χ0n) is 16.0. The highest BCUT2D eigenvalue weighted by molar-refractivity contribution is 6.05. The van der Waals surface area contributed by atoms with Gasteiger partial charge >= 0.3 is 0 Å². The summed E-state index contributed by atoms with van der Waals surface area (Å²) in [5, 5.41) is 14.6. The predicted octanol–water partition coefficient (Wildman–Crippen LogP) is 1.84. The van der Waals surface area contributed by atoms with E-state index in [1.54, 1.807) is 63.6 Å². The number of carbonyl (C=O) groups excluding carboxylic acids is 2. The van der Waals surface area contributed by atoms with Gasteiger partial charge in [0.05, 0.1) is 19.7 Å². The standard InChI is InChI=1S/C19H20N6O3/c1-24(2)19(27)15-11-14(9-10-16(15)28-4)20-18(26)13-7-5-12(6-8-13)17-21-23-25(3)22-17/h5-11H,1-4H3,(H,20,26). The number of aryl methyl sites for hydroxylation is 1. The van der Waals surface area contributed by atoms with E-state index in [0.717, 1.165) is 5.56 Å². The van der Waals surface area contributed by atoms with Crippen LogP contribution < -0.4 is 10.1 Å². The highest BCUT2D eigenvalue weighted by atomic mass is 16.5. The fourth-order valence-electron chi connectivity index (χ4n) is 2.57. The number of benzene rings is 2. The van der Waals surface area contributed by atoms with E-state index in [1.807, 2.05) is 0 Å². The first-order valence-corrected chi connectivity index (χ1v) is 8.44. The van der Waals surface area contributed by atoms with E-state index < -0.39 is 0 Å². The molecule has 0 spiro atoms. The van der Waals surface area contributed by atoms with Gasteiger partial charge in [0.2, 0.25) is 5.82 Å². The molecule has 3 rings (SSSR count). The van der Waals surface area contributed by atoms with E-state index in [2.05, 4.69) is 20.7 Å². The third kappa shape index (κ3) is 3.98. The van der Waals surface area contributed by atoms with Crippen LogP contribution in [-0.2, 0) is 7.05 Å². The molecular weight excluding hydrogens is 360 g/mol. The van der Waals surface area contributed by atoms with Crippen molar-refractivity contribution in [2.45, 2.75) is 0 Å². The second-order valence-corrected chi connectivity index (χ2v) is 6.25. The molecule has 3 aromatic rings. The molecule has 0 saturated carbocycles. The molecule has 2 amide bonds. The van der Waals surface area contributed by atoms with Gasteiger partial charge in [-0.1, -0.05) is 12.1 Å². The van der Waals surface area contributed by atoms with E-state index in [1.165, 1.54) is 16.8 Å². The maximum atomic E-state index is 12.6. The van der Waals surface area contributed by atoms with Gasteiger partial charge in [-0.05, 0) is 35.5 Å². The summed E-state index contributed by atoms with van der Waals surface area (Å²) in [5.74, 6) is 0.412. The Bertz CT molecular complexity index is 1010. The topological polar surface area (TPSA) is 102 Å². The first-order valence-electron chi connectivity index (χ1n) is 8.44. The van der Waals surface area contributed by atoms with E-state index in [0.29, 0.717) is 28.4 Å². The monoisotopic (exact) mass is 380 g/mol. The molecule has 0 aliphatic heterocycles. The molecule has 1 heterocycles. The van der Waals surface area contributed by atoms with E-state index in [-0.39, 0.29) is 11.8 Å². The lowest BCUT2D eigenvalue weighted by atomic mass is 10.1. The van der Waals surface area contributed by atoms with E-state index >= 15 is 0 Å². The van der Waals surface area contributed by atoms with Crippen molar-refractivity contribution in [1.29, 1.82) is 0 Å². The number of nitrogens with one attached hydrogen (secondary N) is 1. The highest BCUT2D eigenvalue weighted by Gasteiger charge is 2.16. The van der Waals surface area contributed by atoms with Crippen molar-refractivity contribution in [2.24, 2.45) is 7.05 Å². The Labute approximate surface area is 161 Å². The molecule has 0 bridgehead atoms. The van der Waals surface area contributed by atoms with Crippen LogP contribution in [0.2, 0.25) is 0 Å². The molecule has 0 aliphatic rings. The summed E-state index contributed by atoms with van der Waals surface area (Å²) in [6.07, 6.45) is 0.